The second-order valence-electron chi connectivity index (χ2n) is 6.37. The van der Waals surface area contributed by atoms with Crippen molar-refractivity contribution in [1.29, 1.82) is 0 Å². The lowest BCUT2D eigenvalue weighted by atomic mass is 10.0. The van der Waals surface area contributed by atoms with Gasteiger partial charge in [-0.3, -0.25) is 14.6 Å². The summed E-state index contributed by atoms with van der Waals surface area (Å²) in [5, 5.41) is 4.77. The fraction of sp³-hybridized carbons (Fsp3) is 0.421. The zero-order valence-corrected chi connectivity index (χ0v) is 16.7. The van der Waals surface area contributed by atoms with Gasteiger partial charge in [0.1, 0.15) is 5.69 Å². The number of fused-ring (bicyclic) bond motifs is 1. The van der Waals surface area contributed by atoms with Crippen molar-refractivity contribution < 1.29 is 9.59 Å². The van der Waals surface area contributed by atoms with Crippen LogP contribution >= 0.6 is 24.8 Å². The van der Waals surface area contributed by atoms with Crippen LogP contribution in [0.5, 0.6) is 0 Å². The monoisotopic (exact) mass is 412 g/mol. The molecule has 2 aromatic rings. The van der Waals surface area contributed by atoms with Crippen LogP contribution in [0.25, 0.3) is 10.8 Å². The maximum Gasteiger partial charge on any atom is 0.273 e. The van der Waals surface area contributed by atoms with E-state index in [1.54, 1.807) is 6.20 Å². The van der Waals surface area contributed by atoms with E-state index < -0.39 is 0 Å². The minimum absolute atomic E-state index is 0. The van der Waals surface area contributed by atoms with Gasteiger partial charge in [0.15, 0.2) is 0 Å². The van der Waals surface area contributed by atoms with Crippen molar-refractivity contribution in [2.75, 3.05) is 19.6 Å². The molecule has 2 heterocycles. The van der Waals surface area contributed by atoms with Crippen molar-refractivity contribution in [1.82, 2.24) is 15.2 Å². The third-order valence-electron chi connectivity index (χ3n) is 4.67. The summed E-state index contributed by atoms with van der Waals surface area (Å²) in [6.07, 6.45) is 4.91. The Morgan fingerprint density at radius 1 is 1.19 bits per heavy atom. The molecule has 1 atom stereocenters. The molecule has 1 aliphatic rings. The Labute approximate surface area is 171 Å². The van der Waals surface area contributed by atoms with Gasteiger partial charge >= 0.3 is 0 Å². The summed E-state index contributed by atoms with van der Waals surface area (Å²) >= 11 is 0. The highest BCUT2D eigenvalue weighted by Crippen LogP contribution is 2.22. The molecule has 1 saturated heterocycles. The molecule has 8 heteroatoms. The van der Waals surface area contributed by atoms with Crippen LogP contribution in [0.1, 0.15) is 36.2 Å². The first-order chi connectivity index (χ1) is 12.2. The number of carbonyl (C=O) groups excluding carboxylic acids is 2. The Hall–Kier alpha value is -1.89. The van der Waals surface area contributed by atoms with Gasteiger partial charge in [-0.15, -0.1) is 24.8 Å². The zero-order chi connectivity index (χ0) is 17.6. The smallest absolute Gasteiger partial charge is 0.273 e. The number of aromatic nitrogens is 1. The van der Waals surface area contributed by atoms with Crippen LogP contribution < -0.4 is 11.1 Å². The van der Waals surface area contributed by atoms with E-state index in [2.05, 4.69) is 10.3 Å². The van der Waals surface area contributed by atoms with Gasteiger partial charge in [-0.25, -0.2) is 0 Å². The van der Waals surface area contributed by atoms with Crippen LogP contribution in [0.2, 0.25) is 0 Å². The molecule has 148 valence electrons. The van der Waals surface area contributed by atoms with Crippen LogP contribution in [-0.4, -0.2) is 47.4 Å². The Balaban J connectivity index is 0.00000182. The topological polar surface area (TPSA) is 88.3 Å². The lowest BCUT2D eigenvalue weighted by Gasteiger charge is -2.35. The fourth-order valence-electron chi connectivity index (χ4n) is 3.36. The third-order valence-corrected chi connectivity index (χ3v) is 4.67. The molecule has 2 amide bonds. The summed E-state index contributed by atoms with van der Waals surface area (Å²) in [4.78, 5) is 31.0. The second kappa shape index (κ2) is 11.1. The molecule has 0 spiro atoms. The predicted molar refractivity (Wildman–Crippen MR) is 112 cm³/mol. The van der Waals surface area contributed by atoms with Gasteiger partial charge < -0.3 is 16.0 Å². The summed E-state index contributed by atoms with van der Waals surface area (Å²) in [5.41, 5.74) is 5.89. The van der Waals surface area contributed by atoms with E-state index in [0.717, 1.165) is 30.0 Å². The number of halogens is 2. The summed E-state index contributed by atoms with van der Waals surface area (Å²) in [5.74, 6) is -0.127. The number of likely N-dealkylation sites (tertiary alicyclic amines) is 1. The molecular weight excluding hydrogens is 387 g/mol. The highest BCUT2D eigenvalue weighted by molar-refractivity contribution is 6.05. The fourth-order valence-corrected chi connectivity index (χ4v) is 3.36. The van der Waals surface area contributed by atoms with E-state index in [0.29, 0.717) is 31.7 Å². The SMILES string of the molecule is Cl.Cl.NCCC(=O)NCC1CCCCN1C(=O)c1nccc2ccccc12. The van der Waals surface area contributed by atoms with Crippen LogP contribution in [0.15, 0.2) is 36.5 Å². The number of nitrogens with zero attached hydrogens (tertiary/aromatic N) is 2. The van der Waals surface area contributed by atoms with E-state index in [1.165, 1.54) is 0 Å². The number of nitrogens with two attached hydrogens (primary N) is 1. The summed E-state index contributed by atoms with van der Waals surface area (Å²) in [7, 11) is 0. The quantitative estimate of drug-likeness (QED) is 0.789. The maximum atomic E-state index is 13.1. The van der Waals surface area contributed by atoms with Gasteiger partial charge in [0.25, 0.3) is 5.91 Å². The molecule has 1 aliphatic heterocycles. The van der Waals surface area contributed by atoms with Crippen molar-refractivity contribution in [3.63, 3.8) is 0 Å². The molecule has 3 rings (SSSR count). The first-order valence-electron chi connectivity index (χ1n) is 8.82. The third kappa shape index (κ3) is 5.54. The van der Waals surface area contributed by atoms with Gasteiger partial charge in [-0.05, 0) is 30.7 Å². The highest BCUT2D eigenvalue weighted by atomic mass is 35.5. The standard InChI is InChI=1S/C19H24N4O2.2ClH/c20-10-8-17(24)22-13-15-6-3-4-12-23(15)19(25)18-16-7-2-1-5-14(16)9-11-21-18;;/h1-2,5,7,9,11,15H,3-4,6,8,10,12-13,20H2,(H,22,24);2*1H. The molecule has 27 heavy (non-hydrogen) atoms. The average Bonchev–Trinajstić information content (AvgIpc) is 2.66. The number of piperidine rings is 1. The normalized spacial score (nSPS) is 16.2. The van der Waals surface area contributed by atoms with Gasteiger partial charge in [-0.2, -0.15) is 0 Å². The summed E-state index contributed by atoms with van der Waals surface area (Å²) < 4.78 is 0. The first kappa shape index (κ1) is 23.1. The van der Waals surface area contributed by atoms with Gasteiger partial charge in [0.2, 0.25) is 5.91 Å². The van der Waals surface area contributed by atoms with Crippen molar-refractivity contribution in [3.8, 4) is 0 Å². The first-order valence-corrected chi connectivity index (χ1v) is 8.82. The largest absolute Gasteiger partial charge is 0.354 e. The Bertz CT molecular complexity index is 767. The van der Waals surface area contributed by atoms with Crippen LogP contribution in [0.4, 0.5) is 0 Å². The van der Waals surface area contributed by atoms with E-state index in [-0.39, 0.29) is 42.7 Å². The number of nitrogens with one attached hydrogen (secondary N) is 1. The summed E-state index contributed by atoms with van der Waals surface area (Å²) in [6.45, 7) is 1.50. The van der Waals surface area contributed by atoms with E-state index in [4.69, 9.17) is 5.73 Å². The number of hydrogen-bond donors (Lipinski definition) is 2. The lowest BCUT2D eigenvalue weighted by Crippen LogP contribution is -2.49. The van der Waals surface area contributed by atoms with Crippen molar-refractivity contribution in [2.45, 2.75) is 31.7 Å². The van der Waals surface area contributed by atoms with Crippen LogP contribution in [0.3, 0.4) is 0 Å². The van der Waals surface area contributed by atoms with Crippen LogP contribution in [-0.2, 0) is 4.79 Å². The zero-order valence-electron chi connectivity index (χ0n) is 15.1. The molecule has 1 unspecified atom stereocenters. The minimum Gasteiger partial charge on any atom is -0.354 e. The number of rotatable bonds is 5. The predicted octanol–water partition coefficient (Wildman–Crippen LogP) is 2.54. The maximum absolute atomic E-state index is 13.1. The molecular formula is C19H26Cl2N4O2. The molecule has 3 N–H and O–H groups in total. The van der Waals surface area contributed by atoms with E-state index in [9.17, 15) is 9.59 Å². The van der Waals surface area contributed by atoms with Crippen LogP contribution in [0, 0.1) is 0 Å². The summed E-state index contributed by atoms with van der Waals surface area (Å²) in [6, 6.07) is 9.69. The number of hydrogen-bond acceptors (Lipinski definition) is 4. The van der Waals surface area contributed by atoms with E-state index in [1.807, 2.05) is 35.2 Å². The number of carbonyl (C=O) groups is 2. The highest BCUT2D eigenvalue weighted by Gasteiger charge is 2.29. The Morgan fingerprint density at radius 2 is 1.96 bits per heavy atom. The molecule has 1 aromatic heterocycles. The number of benzene rings is 1. The Kier molecular flexibility index (Phi) is 9.49. The van der Waals surface area contributed by atoms with Crippen molar-refractivity contribution >= 4 is 47.4 Å². The molecule has 1 fully saturated rings. The average molecular weight is 413 g/mol. The van der Waals surface area contributed by atoms with Gasteiger partial charge in [0.05, 0.1) is 0 Å². The molecule has 0 radical (unpaired) electrons. The molecule has 6 nitrogen and oxygen atoms in total. The number of pyridine rings is 1. The van der Waals surface area contributed by atoms with Gasteiger partial charge in [-0.1, -0.05) is 24.3 Å². The molecule has 1 aromatic carbocycles. The second-order valence-corrected chi connectivity index (χ2v) is 6.37. The molecule has 0 bridgehead atoms. The molecule has 0 saturated carbocycles. The minimum atomic E-state index is -0.0660. The lowest BCUT2D eigenvalue weighted by molar-refractivity contribution is -0.121. The van der Waals surface area contributed by atoms with E-state index >= 15 is 0 Å². The van der Waals surface area contributed by atoms with Crippen molar-refractivity contribution in [2.24, 2.45) is 5.73 Å². The Morgan fingerprint density at radius 3 is 2.74 bits per heavy atom. The van der Waals surface area contributed by atoms with Gasteiger partial charge in [0, 0.05) is 43.7 Å². The van der Waals surface area contributed by atoms with Crippen molar-refractivity contribution in [3.05, 3.63) is 42.2 Å². The molecule has 0 aliphatic carbocycles. The number of amides is 2.